The van der Waals surface area contributed by atoms with Gasteiger partial charge in [-0.15, -0.1) is 0 Å². The minimum absolute atomic E-state index is 0.0586. The number of carbonyl (C=O) groups is 1. The second kappa shape index (κ2) is 6.69. The number of carbonyl (C=O) groups excluding carboxylic acids is 1. The van der Waals surface area contributed by atoms with Crippen molar-refractivity contribution in [1.82, 2.24) is 19.5 Å². The lowest BCUT2D eigenvalue weighted by Gasteiger charge is -2.28. The van der Waals surface area contributed by atoms with Crippen molar-refractivity contribution >= 4 is 23.2 Å². The fourth-order valence-electron chi connectivity index (χ4n) is 3.87. The van der Waals surface area contributed by atoms with Gasteiger partial charge in [-0.2, -0.15) is 5.10 Å². The number of halogens is 2. The fraction of sp³-hybridized carbons (Fsp3) is 0.381. The summed E-state index contributed by atoms with van der Waals surface area (Å²) in [5.41, 5.74) is 4.39. The monoisotopic (exact) mass is 414 g/mol. The van der Waals surface area contributed by atoms with E-state index in [-0.39, 0.29) is 12.0 Å². The number of nitrogens with zero attached hydrogens (tertiary/aromatic N) is 4. The molecule has 1 saturated carbocycles. The van der Waals surface area contributed by atoms with E-state index in [0.717, 1.165) is 47.6 Å². The maximum absolute atomic E-state index is 13.8. The van der Waals surface area contributed by atoms with Crippen LogP contribution in [0.25, 0.3) is 5.65 Å². The van der Waals surface area contributed by atoms with Gasteiger partial charge in [0.25, 0.3) is 5.91 Å². The zero-order chi connectivity index (χ0) is 20.3. The van der Waals surface area contributed by atoms with Crippen LogP contribution in [0.2, 0.25) is 5.02 Å². The van der Waals surface area contributed by atoms with Crippen LogP contribution in [0.5, 0.6) is 5.75 Å². The molecular formula is C21H20ClFN4O2. The lowest BCUT2D eigenvalue weighted by Crippen LogP contribution is -2.29. The number of amides is 1. The molecule has 1 amide bonds. The Bertz CT molecular complexity index is 1160. The van der Waals surface area contributed by atoms with Crippen LogP contribution in [-0.4, -0.2) is 31.5 Å². The molecule has 3 aromatic rings. The molecule has 29 heavy (non-hydrogen) atoms. The molecule has 1 aromatic carbocycles. The van der Waals surface area contributed by atoms with Gasteiger partial charge in [0.05, 0.1) is 46.9 Å². The van der Waals surface area contributed by atoms with E-state index in [0.29, 0.717) is 29.4 Å². The molecule has 0 unspecified atom stereocenters. The van der Waals surface area contributed by atoms with Gasteiger partial charge in [-0.05, 0) is 45.2 Å². The molecule has 0 bridgehead atoms. The van der Waals surface area contributed by atoms with Crippen molar-refractivity contribution in [3.63, 3.8) is 0 Å². The maximum Gasteiger partial charge on any atom is 0.258 e. The topological polar surface area (TPSA) is 59.7 Å². The molecule has 1 fully saturated rings. The van der Waals surface area contributed by atoms with Crippen molar-refractivity contribution in [2.45, 2.75) is 52.3 Å². The number of hydrogen-bond donors (Lipinski definition) is 0. The molecule has 2 aliphatic rings. The maximum atomic E-state index is 13.8. The summed E-state index contributed by atoms with van der Waals surface area (Å²) >= 11 is 6.29. The van der Waals surface area contributed by atoms with E-state index in [1.807, 2.05) is 13.8 Å². The molecule has 1 aliphatic carbocycles. The van der Waals surface area contributed by atoms with E-state index in [9.17, 15) is 9.18 Å². The van der Waals surface area contributed by atoms with Gasteiger partial charge in [0.1, 0.15) is 11.6 Å². The molecule has 150 valence electrons. The average molecular weight is 415 g/mol. The van der Waals surface area contributed by atoms with Gasteiger partial charge >= 0.3 is 0 Å². The molecular weight excluding hydrogens is 395 g/mol. The van der Waals surface area contributed by atoms with Crippen LogP contribution in [0.15, 0.2) is 18.2 Å². The third-order valence-electron chi connectivity index (χ3n) is 5.76. The van der Waals surface area contributed by atoms with Gasteiger partial charge in [-0.3, -0.25) is 4.79 Å². The summed E-state index contributed by atoms with van der Waals surface area (Å²) in [7, 11) is 0. The van der Waals surface area contributed by atoms with Crippen LogP contribution in [0, 0.1) is 19.7 Å². The van der Waals surface area contributed by atoms with Crippen LogP contribution in [-0.2, 0) is 13.1 Å². The first-order valence-electron chi connectivity index (χ1n) is 9.71. The first-order chi connectivity index (χ1) is 13.9. The van der Waals surface area contributed by atoms with Crippen LogP contribution in [0.1, 0.15) is 52.3 Å². The molecule has 1 aliphatic heterocycles. The second-order valence-corrected chi connectivity index (χ2v) is 8.11. The first kappa shape index (κ1) is 18.4. The Morgan fingerprint density at radius 1 is 1.28 bits per heavy atom. The highest BCUT2D eigenvalue weighted by Gasteiger charge is 2.32. The van der Waals surface area contributed by atoms with Crippen molar-refractivity contribution in [3.05, 3.63) is 57.2 Å². The summed E-state index contributed by atoms with van der Waals surface area (Å²) in [4.78, 5) is 19.5. The molecule has 0 spiro atoms. The summed E-state index contributed by atoms with van der Waals surface area (Å²) in [5.74, 6) is -0.293. The van der Waals surface area contributed by atoms with E-state index in [1.54, 1.807) is 9.42 Å². The predicted molar refractivity (Wildman–Crippen MR) is 106 cm³/mol. The standard InChI is InChI=1S/C21H20ClFN4O2/c1-11-19(22)12(2)27-20(24-11)16-9-26(10-17(16)25-27)21(28)15-7-6-13(23)8-18(15)29-14-4-3-5-14/h6-8,14H,3-5,9-10H2,1-2H3. The second-order valence-electron chi connectivity index (χ2n) is 7.73. The van der Waals surface area contributed by atoms with Gasteiger partial charge in [0.15, 0.2) is 5.65 Å². The lowest BCUT2D eigenvalue weighted by atomic mass is 9.96. The zero-order valence-electron chi connectivity index (χ0n) is 16.2. The highest BCUT2D eigenvalue weighted by Crippen LogP contribution is 2.33. The Hall–Kier alpha value is -2.67. The number of benzene rings is 1. The number of aryl methyl sites for hydroxylation is 2. The van der Waals surface area contributed by atoms with E-state index >= 15 is 0 Å². The SMILES string of the molecule is Cc1nc2c3c(nn2c(C)c1Cl)CN(C(=O)c1ccc(F)cc1OC1CCC1)C3. The van der Waals surface area contributed by atoms with Crippen LogP contribution < -0.4 is 4.74 Å². The van der Waals surface area contributed by atoms with Crippen LogP contribution in [0.4, 0.5) is 4.39 Å². The summed E-state index contributed by atoms with van der Waals surface area (Å²) in [6.07, 6.45) is 3.02. The van der Waals surface area contributed by atoms with Crippen molar-refractivity contribution in [2.24, 2.45) is 0 Å². The summed E-state index contributed by atoms with van der Waals surface area (Å²) < 4.78 is 21.4. The minimum atomic E-state index is -0.412. The lowest BCUT2D eigenvalue weighted by molar-refractivity contribution is 0.0731. The van der Waals surface area contributed by atoms with Gasteiger partial charge in [0.2, 0.25) is 0 Å². The van der Waals surface area contributed by atoms with E-state index in [4.69, 9.17) is 16.3 Å². The zero-order valence-corrected chi connectivity index (χ0v) is 17.0. The van der Waals surface area contributed by atoms with Crippen molar-refractivity contribution in [2.75, 3.05) is 0 Å². The van der Waals surface area contributed by atoms with Crippen molar-refractivity contribution < 1.29 is 13.9 Å². The van der Waals surface area contributed by atoms with Gasteiger partial charge in [-0.1, -0.05) is 11.6 Å². The van der Waals surface area contributed by atoms with Crippen LogP contribution >= 0.6 is 11.6 Å². The highest BCUT2D eigenvalue weighted by atomic mass is 35.5. The number of hydrogen-bond acceptors (Lipinski definition) is 4. The molecule has 6 nitrogen and oxygen atoms in total. The van der Waals surface area contributed by atoms with Gasteiger partial charge in [-0.25, -0.2) is 13.9 Å². The number of fused-ring (bicyclic) bond motifs is 3. The first-order valence-corrected chi connectivity index (χ1v) is 10.1. The molecule has 8 heteroatoms. The molecule has 3 heterocycles. The number of aromatic nitrogens is 3. The molecule has 5 rings (SSSR count). The van der Waals surface area contributed by atoms with Crippen LogP contribution in [0.3, 0.4) is 0 Å². The molecule has 0 radical (unpaired) electrons. The van der Waals surface area contributed by atoms with Crippen molar-refractivity contribution in [3.8, 4) is 5.75 Å². The quantitative estimate of drug-likeness (QED) is 0.643. The summed E-state index contributed by atoms with van der Waals surface area (Å²) in [5, 5.41) is 5.21. The largest absolute Gasteiger partial charge is 0.489 e. The number of rotatable bonds is 3. The van der Waals surface area contributed by atoms with Gasteiger partial charge < -0.3 is 9.64 Å². The summed E-state index contributed by atoms with van der Waals surface area (Å²) in [6.45, 7) is 4.52. The predicted octanol–water partition coefficient (Wildman–Crippen LogP) is 4.23. The van der Waals surface area contributed by atoms with E-state index in [1.165, 1.54) is 18.2 Å². The van der Waals surface area contributed by atoms with Crippen molar-refractivity contribution in [1.29, 1.82) is 0 Å². The Balaban J connectivity index is 1.46. The molecule has 0 N–H and O–H groups in total. The van der Waals surface area contributed by atoms with E-state index < -0.39 is 5.82 Å². The Labute approximate surface area is 172 Å². The third kappa shape index (κ3) is 2.95. The molecule has 0 atom stereocenters. The minimum Gasteiger partial charge on any atom is -0.489 e. The Morgan fingerprint density at radius 2 is 2.07 bits per heavy atom. The molecule has 2 aromatic heterocycles. The normalized spacial score (nSPS) is 16.2. The molecule has 0 saturated heterocycles. The highest BCUT2D eigenvalue weighted by molar-refractivity contribution is 6.31. The smallest absolute Gasteiger partial charge is 0.258 e. The fourth-order valence-corrected chi connectivity index (χ4v) is 3.99. The third-order valence-corrected chi connectivity index (χ3v) is 6.31. The summed E-state index contributed by atoms with van der Waals surface area (Å²) in [6, 6.07) is 4.10. The van der Waals surface area contributed by atoms with E-state index in [2.05, 4.69) is 10.1 Å². The van der Waals surface area contributed by atoms with Gasteiger partial charge in [0, 0.05) is 11.6 Å². The Morgan fingerprint density at radius 3 is 2.79 bits per heavy atom. The average Bonchev–Trinajstić information content (AvgIpc) is 3.21. The number of ether oxygens (including phenoxy) is 1. The Kier molecular flexibility index (Phi) is 4.24.